The molecule has 0 amide bonds. The largest absolute Gasteiger partial charge is 0.326 e. The Hall–Kier alpha value is -0.560. The molecule has 0 saturated heterocycles. The van der Waals surface area contributed by atoms with Crippen molar-refractivity contribution in [2.75, 3.05) is 12.8 Å². The van der Waals surface area contributed by atoms with Gasteiger partial charge in [0, 0.05) is 17.8 Å². The summed E-state index contributed by atoms with van der Waals surface area (Å²) in [5.74, 6) is 0.00966. The van der Waals surface area contributed by atoms with Gasteiger partial charge in [-0.2, -0.15) is 11.8 Å². The highest BCUT2D eigenvalue weighted by Gasteiger charge is 2.26. The van der Waals surface area contributed by atoms with E-state index in [1.165, 1.54) is 0 Å². The van der Waals surface area contributed by atoms with E-state index in [9.17, 15) is 8.42 Å². The quantitative estimate of drug-likeness (QED) is 0.729. The molecule has 6 heteroatoms. The van der Waals surface area contributed by atoms with Crippen LogP contribution in [0.1, 0.15) is 37.8 Å². The van der Waals surface area contributed by atoms with Crippen LogP contribution in [0.25, 0.3) is 0 Å². The molecule has 0 bridgehead atoms. The Morgan fingerprint density at radius 1 is 1.14 bits per heavy atom. The van der Waals surface area contributed by atoms with Gasteiger partial charge < -0.3 is 5.73 Å². The second kappa shape index (κ2) is 8.17. The highest BCUT2D eigenvalue weighted by Crippen LogP contribution is 2.29. The summed E-state index contributed by atoms with van der Waals surface area (Å²) in [6.07, 6.45) is 3.92. The molecule has 1 aromatic rings. The molecular weight excluding hydrogens is 304 g/mol. The van der Waals surface area contributed by atoms with Crippen molar-refractivity contribution in [1.82, 2.24) is 4.72 Å². The van der Waals surface area contributed by atoms with Gasteiger partial charge in [0.2, 0.25) is 10.0 Å². The van der Waals surface area contributed by atoms with Gasteiger partial charge in [-0.15, -0.1) is 0 Å². The van der Waals surface area contributed by atoms with Gasteiger partial charge in [-0.1, -0.05) is 38.1 Å². The zero-order valence-electron chi connectivity index (χ0n) is 13.1. The molecule has 4 nitrogen and oxygen atoms in total. The maximum atomic E-state index is 12.2. The second-order valence-electron chi connectivity index (χ2n) is 5.20. The van der Waals surface area contributed by atoms with Gasteiger partial charge in [-0.05, 0) is 30.2 Å². The van der Waals surface area contributed by atoms with E-state index in [0.717, 1.165) is 24.0 Å². The fraction of sp³-hybridized carbons (Fsp3) is 0.600. The molecule has 1 aromatic carbocycles. The monoisotopic (exact) mass is 330 g/mol. The molecule has 1 rings (SSSR count). The van der Waals surface area contributed by atoms with Crippen LogP contribution in [0.5, 0.6) is 0 Å². The first-order valence-corrected chi connectivity index (χ1v) is 10.1. The molecule has 0 aliphatic carbocycles. The molecule has 0 atom stereocenters. The molecule has 0 heterocycles. The molecule has 0 radical (unpaired) electrons. The van der Waals surface area contributed by atoms with Crippen molar-refractivity contribution in [3.8, 4) is 0 Å². The number of nitrogens with two attached hydrogens (primary N) is 1. The van der Waals surface area contributed by atoms with E-state index in [-0.39, 0.29) is 10.5 Å². The van der Waals surface area contributed by atoms with Crippen LogP contribution in [0.4, 0.5) is 0 Å². The number of sulfonamides is 1. The summed E-state index contributed by atoms with van der Waals surface area (Å²) in [5, 5.41) is 0. The molecule has 3 N–H and O–H groups in total. The van der Waals surface area contributed by atoms with Crippen LogP contribution >= 0.6 is 11.8 Å². The number of hydrogen-bond donors (Lipinski definition) is 2. The number of hydrogen-bond acceptors (Lipinski definition) is 4. The van der Waals surface area contributed by atoms with Crippen LogP contribution in [0.3, 0.4) is 0 Å². The lowest BCUT2D eigenvalue weighted by Gasteiger charge is -2.29. The van der Waals surface area contributed by atoms with Gasteiger partial charge in [0.05, 0.1) is 5.75 Å². The summed E-state index contributed by atoms with van der Waals surface area (Å²) < 4.78 is 27.1. The first kappa shape index (κ1) is 18.5. The molecular formula is C15H26N2O2S2. The van der Waals surface area contributed by atoms with E-state index in [1.807, 2.05) is 30.5 Å². The Bertz CT molecular complexity index is 515. The number of nitrogens with one attached hydrogen (secondary N) is 1. The van der Waals surface area contributed by atoms with Crippen LogP contribution < -0.4 is 10.5 Å². The van der Waals surface area contributed by atoms with Gasteiger partial charge in [0.15, 0.2) is 0 Å². The Kier molecular flexibility index (Phi) is 7.20. The Morgan fingerprint density at radius 3 is 2.10 bits per heavy atom. The van der Waals surface area contributed by atoms with Crippen molar-refractivity contribution < 1.29 is 8.42 Å². The van der Waals surface area contributed by atoms with E-state index in [0.29, 0.717) is 13.1 Å². The molecule has 0 aromatic heterocycles. The van der Waals surface area contributed by atoms with Crippen LogP contribution in [0.2, 0.25) is 0 Å². The maximum Gasteiger partial charge on any atom is 0.215 e. The van der Waals surface area contributed by atoms with E-state index in [4.69, 9.17) is 5.73 Å². The summed E-state index contributed by atoms with van der Waals surface area (Å²) in [6, 6.07) is 7.38. The Morgan fingerprint density at radius 2 is 1.67 bits per heavy atom. The molecule has 21 heavy (non-hydrogen) atoms. The zero-order chi connectivity index (χ0) is 15.9. The molecule has 0 aliphatic rings. The van der Waals surface area contributed by atoms with Crippen LogP contribution in [0, 0.1) is 0 Å². The highest BCUT2D eigenvalue weighted by molar-refractivity contribution is 8.00. The minimum Gasteiger partial charge on any atom is -0.326 e. The predicted molar refractivity (Wildman–Crippen MR) is 91.8 cm³/mol. The number of rotatable bonds is 9. The summed E-state index contributed by atoms with van der Waals surface area (Å²) in [7, 11) is -3.31. The van der Waals surface area contributed by atoms with Crippen LogP contribution in [-0.4, -0.2) is 26.0 Å². The zero-order valence-corrected chi connectivity index (χ0v) is 14.7. The third-order valence-corrected chi connectivity index (χ3v) is 6.84. The Labute approximate surface area is 132 Å². The summed E-state index contributed by atoms with van der Waals surface area (Å²) in [6.45, 7) is 5.14. The van der Waals surface area contributed by atoms with E-state index in [1.54, 1.807) is 11.8 Å². The van der Waals surface area contributed by atoms with Crippen LogP contribution in [0.15, 0.2) is 24.3 Å². The SMILES string of the molecule is CCC(CC)(CNS(=O)(=O)Cc1ccc(CN)cc1)SC. The molecule has 0 unspecified atom stereocenters. The van der Waals surface area contributed by atoms with Gasteiger partial charge in [0.25, 0.3) is 0 Å². The average molecular weight is 331 g/mol. The van der Waals surface area contributed by atoms with Crippen molar-refractivity contribution in [3.63, 3.8) is 0 Å². The smallest absolute Gasteiger partial charge is 0.215 e. The van der Waals surface area contributed by atoms with Crippen molar-refractivity contribution in [2.24, 2.45) is 5.73 Å². The number of thioether (sulfide) groups is 1. The number of benzene rings is 1. The lowest BCUT2D eigenvalue weighted by molar-refractivity contribution is 0.521. The summed E-state index contributed by atoms with van der Waals surface area (Å²) >= 11 is 1.73. The van der Waals surface area contributed by atoms with Gasteiger partial charge in [-0.3, -0.25) is 0 Å². The molecule has 0 saturated carbocycles. The highest BCUT2D eigenvalue weighted by atomic mass is 32.2. The molecule has 0 spiro atoms. The first-order chi connectivity index (χ1) is 9.90. The first-order valence-electron chi connectivity index (χ1n) is 7.20. The van der Waals surface area contributed by atoms with Crippen molar-refractivity contribution in [3.05, 3.63) is 35.4 Å². The minimum absolute atomic E-state index is 0.00966. The van der Waals surface area contributed by atoms with Crippen molar-refractivity contribution in [2.45, 2.75) is 43.7 Å². The third-order valence-electron chi connectivity index (χ3n) is 3.95. The average Bonchev–Trinajstić information content (AvgIpc) is 2.50. The second-order valence-corrected chi connectivity index (χ2v) is 8.28. The fourth-order valence-corrected chi connectivity index (χ4v) is 4.26. The minimum atomic E-state index is -3.31. The Balaban J connectivity index is 2.68. The lowest BCUT2D eigenvalue weighted by atomic mass is 10.0. The predicted octanol–water partition coefficient (Wildman–Crippen LogP) is 2.49. The van der Waals surface area contributed by atoms with E-state index < -0.39 is 10.0 Å². The third kappa shape index (κ3) is 5.62. The normalized spacial score (nSPS) is 12.6. The van der Waals surface area contributed by atoms with Crippen molar-refractivity contribution >= 4 is 21.8 Å². The van der Waals surface area contributed by atoms with Crippen LogP contribution in [-0.2, 0) is 22.3 Å². The standard InChI is InChI=1S/C15H26N2O2S2/c1-4-15(5-2,20-3)12-17-21(18,19)11-14-8-6-13(10-16)7-9-14/h6-9,17H,4-5,10-12,16H2,1-3H3. The molecule has 0 aliphatic heterocycles. The summed E-state index contributed by atoms with van der Waals surface area (Å²) in [4.78, 5) is 0. The maximum absolute atomic E-state index is 12.2. The topological polar surface area (TPSA) is 72.2 Å². The van der Waals surface area contributed by atoms with E-state index >= 15 is 0 Å². The van der Waals surface area contributed by atoms with E-state index in [2.05, 4.69) is 18.6 Å². The fourth-order valence-electron chi connectivity index (χ4n) is 2.14. The van der Waals surface area contributed by atoms with Gasteiger partial charge >= 0.3 is 0 Å². The van der Waals surface area contributed by atoms with Gasteiger partial charge in [0.1, 0.15) is 0 Å². The summed E-state index contributed by atoms with van der Waals surface area (Å²) in [5.41, 5.74) is 7.32. The van der Waals surface area contributed by atoms with Crippen molar-refractivity contribution in [1.29, 1.82) is 0 Å². The molecule has 120 valence electrons. The molecule has 0 fully saturated rings. The lowest BCUT2D eigenvalue weighted by Crippen LogP contribution is -2.40. The van der Waals surface area contributed by atoms with Gasteiger partial charge in [-0.25, -0.2) is 13.1 Å².